The lowest BCUT2D eigenvalue weighted by Gasteiger charge is -2.32. The van der Waals surface area contributed by atoms with Crippen molar-refractivity contribution in [1.82, 2.24) is 0 Å². The quantitative estimate of drug-likeness (QED) is 0.675. The third-order valence-corrected chi connectivity index (χ3v) is 3.00. The predicted molar refractivity (Wildman–Crippen MR) is 62.0 cm³/mol. The molecule has 1 nitrogen and oxygen atoms in total. The van der Waals surface area contributed by atoms with Crippen LogP contribution in [-0.2, 0) is 6.18 Å². The number of anilines is 1. The molecule has 0 amide bonds. The molecule has 2 rings (SSSR count). The molecule has 4 heteroatoms. The molecule has 0 fully saturated rings. The highest BCUT2D eigenvalue weighted by molar-refractivity contribution is 5.50. The lowest BCUT2D eigenvalue weighted by Crippen LogP contribution is -2.35. The summed E-state index contributed by atoms with van der Waals surface area (Å²) in [7, 11) is 0. The minimum atomic E-state index is -4.26. The van der Waals surface area contributed by atoms with Crippen LogP contribution in [0.5, 0.6) is 0 Å². The number of hydrogen-bond donors (Lipinski definition) is 0. The Hall–Kier alpha value is -1.45. The van der Waals surface area contributed by atoms with Crippen molar-refractivity contribution >= 4 is 5.69 Å². The summed E-state index contributed by atoms with van der Waals surface area (Å²) < 4.78 is 37.2. The molecule has 1 heterocycles. The molecule has 1 atom stereocenters. The van der Waals surface area contributed by atoms with Crippen LogP contribution in [0.25, 0.3) is 0 Å². The second-order valence-corrected chi connectivity index (χ2v) is 4.25. The number of rotatable bonds is 1. The van der Waals surface area contributed by atoms with Gasteiger partial charge in [-0.25, -0.2) is 0 Å². The molecule has 0 spiro atoms. The van der Waals surface area contributed by atoms with Crippen molar-refractivity contribution in [3.05, 3.63) is 42.0 Å². The molecule has 17 heavy (non-hydrogen) atoms. The third-order valence-electron chi connectivity index (χ3n) is 3.00. The van der Waals surface area contributed by atoms with E-state index < -0.39 is 11.7 Å². The van der Waals surface area contributed by atoms with Crippen molar-refractivity contribution in [1.29, 1.82) is 0 Å². The number of alkyl halides is 3. The maximum atomic E-state index is 12.4. The van der Waals surface area contributed by atoms with Gasteiger partial charge in [0.05, 0.1) is 5.56 Å². The molecule has 1 unspecified atom stereocenters. The zero-order chi connectivity index (χ0) is 12.5. The maximum Gasteiger partial charge on any atom is 0.416 e. The van der Waals surface area contributed by atoms with Gasteiger partial charge in [0.15, 0.2) is 0 Å². The fraction of sp³-hybridized carbons (Fsp3) is 0.385. The standard InChI is InChI=1S/C13H14F3N/c1-10-4-2-3-9-17(10)12-7-5-11(6-8-12)13(14,15)16/h2-3,5-8,10H,4,9H2,1H3. The first kappa shape index (κ1) is 12.0. The van der Waals surface area contributed by atoms with E-state index in [-0.39, 0.29) is 0 Å². The Morgan fingerprint density at radius 1 is 1.12 bits per heavy atom. The van der Waals surface area contributed by atoms with Crippen molar-refractivity contribution < 1.29 is 13.2 Å². The molecule has 0 radical (unpaired) electrons. The predicted octanol–water partition coefficient (Wildman–Crippen LogP) is 3.86. The first-order chi connectivity index (χ1) is 7.98. The normalized spacial score (nSPS) is 20.7. The molecular weight excluding hydrogens is 227 g/mol. The second kappa shape index (κ2) is 4.43. The van der Waals surface area contributed by atoms with Gasteiger partial charge in [-0.3, -0.25) is 0 Å². The summed E-state index contributed by atoms with van der Waals surface area (Å²) in [5, 5.41) is 0. The number of hydrogen-bond acceptors (Lipinski definition) is 1. The summed E-state index contributed by atoms with van der Waals surface area (Å²) in [4.78, 5) is 2.10. The highest BCUT2D eigenvalue weighted by Gasteiger charge is 2.30. The molecule has 0 aliphatic carbocycles. The largest absolute Gasteiger partial charge is 0.416 e. The summed E-state index contributed by atoms with van der Waals surface area (Å²) in [6, 6.07) is 5.69. The Morgan fingerprint density at radius 2 is 1.76 bits per heavy atom. The SMILES string of the molecule is CC1CC=CCN1c1ccc(C(F)(F)F)cc1. The lowest BCUT2D eigenvalue weighted by atomic mass is 10.1. The highest BCUT2D eigenvalue weighted by atomic mass is 19.4. The Labute approximate surface area is 98.5 Å². The minimum Gasteiger partial charge on any atom is -0.365 e. The third kappa shape index (κ3) is 2.62. The molecule has 1 aromatic rings. The average Bonchev–Trinajstić information content (AvgIpc) is 2.29. The Balaban J connectivity index is 2.21. The van der Waals surface area contributed by atoms with Crippen molar-refractivity contribution in [3.63, 3.8) is 0 Å². The van der Waals surface area contributed by atoms with Crippen LogP contribution >= 0.6 is 0 Å². The van der Waals surface area contributed by atoms with Gasteiger partial charge < -0.3 is 4.90 Å². The Morgan fingerprint density at radius 3 is 2.29 bits per heavy atom. The van der Waals surface area contributed by atoms with Gasteiger partial charge in [-0.15, -0.1) is 0 Å². The zero-order valence-electron chi connectivity index (χ0n) is 9.54. The molecule has 1 aliphatic heterocycles. The van der Waals surface area contributed by atoms with Crippen LogP contribution in [0.3, 0.4) is 0 Å². The molecular formula is C13H14F3N. The molecule has 0 N–H and O–H groups in total. The molecule has 92 valence electrons. The van der Waals surface area contributed by atoms with Crippen molar-refractivity contribution in [2.45, 2.75) is 25.6 Å². The van der Waals surface area contributed by atoms with Crippen LogP contribution in [0, 0.1) is 0 Å². The van der Waals surface area contributed by atoms with Crippen LogP contribution in [-0.4, -0.2) is 12.6 Å². The van der Waals surface area contributed by atoms with E-state index in [2.05, 4.69) is 17.9 Å². The molecule has 1 aliphatic rings. The van der Waals surface area contributed by atoms with E-state index >= 15 is 0 Å². The number of halogens is 3. The van der Waals surface area contributed by atoms with Crippen molar-refractivity contribution in [3.8, 4) is 0 Å². The zero-order valence-corrected chi connectivity index (χ0v) is 9.54. The summed E-state index contributed by atoms with van der Waals surface area (Å²) in [5.41, 5.74) is 0.247. The smallest absolute Gasteiger partial charge is 0.365 e. The van der Waals surface area contributed by atoms with E-state index in [1.165, 1.54) is 0 Å². The van der Waals surface area contributed by atoms with Crippen LogP contribution in [0.15, 0.2) is 36.4 Å². The van der Waals surface area contributed by atoms with E-state index in [9.17, 15) is 13.2 Å². The lowest BCUT2D eigenvalue weighted by molar-refractivity contribution is -0.137. The topological polar surface area (TPSA) is 3.24 Å². The van der Waals surface area contributed by atoms with Gasteiger partial charge in [0.25, 0.3) is 0 Å². The van der Waals surface area contributed by atoms with Crippen LogP contribution in [0.2, 0.25) is 0 Å². The number of nitrogens with zero attached hydrogens (tertiary/aromatic N) is 1. The van der Waals surface area contributed by atoms with Crippen LogP contribution in [0.1, 0.15) is 18.9 Å². The minimum absolute atomic E-state index is 0.330. The van der Waals surface area contributed by atoms with Crippen LogP contribution in [0.4, 0.5) is 18.9 Å². The van der Waals surface area contributed by atoms with Gasteiger partial charge in [0.2, 0.25) is 0 Å². The van der Waals surface area contributed by atoms with E-state index in [1.807, 2.05) is 6.08 Å². The Bertz CT molecular complexity index is 406. The monoisotopic (exact) mass is 241 g/mol. The molecule has 0 aromatic heterocycles. The van der Waals surface area contributed by atoms with Gasteiger partial charge >= 0.3 is 6.18 Å². The summed E-state index contributed by atoms with van der Waals surface area (Å²) in [6.45, 7) is 2.83. The second-order valence-electron chi connectivity index (χ2n) is 4.25. The maximum absolute atomic E-state index is 12.4. The summed E-state index contributed by atoms with van der Waals surface area (Å²) >= 11 is 0. The number of benzene rings is 1. The molecule has 0 bridgehead atoms. The van der Waals surface area contributed by atoms with Crippen molar-refractivity contribution in [2.75, 3.05) is 11.4 Å². The van der Waals surface area contributed by atoms with Gasteiger partial charge in [-0.05, 0) is 37.6 Å². The Kier molecular flexibility index (Phi) is 3.13. The van der Waals surface area contributed by atoms with Gasteiger partial charge in [0, 0.05) is 18.3 Å². The van der Waals surface area contributed by atoms with Gasteiger partial charge in [-0.1, -0.05) is 12.2 Å². The highest BCUT2D eigenvalue weighted by Crippen LogP contribution is 2.31. The fourth-order valence-corrected chi connectivity index (χ4v) is 1.99. The van der Waals surface area contributed by atoms with E-state index in [1.54, 1.807) is 12.1 Å². The average molecular weight is 241 g/mol. The molecule has 0 saturated heterocycles. The summed E-state index contributed by atoms with van der Waals surface area (Å²) in [6.07, 6.45) is 0.815. The van der Waals surface area contributed by atoms with E-state index in [0.29, 0.717) is 6.04 Å². The van der Waals surface area contributed by atoms with Crippen molar-refractivity contribution in [2.24, 2.45) is 0 Å². The fourth-order valence-electron chi connectivity index (χ4n) is 1.99. The van der Waals surface area contributed by atoms with E-state index in [0.717, 1.165) is 30.8 Å². The van der Waals surface area contributed by atoms with E-state index in [4.69, 9.17) is 0 Å². The van der Waals surface area contributed by atoms with Crippen LogP contribution < -0.4 is 4.90 Å². The van der Waals surface area contributed by atoms with Gasteiger partial charge in [-0.2, -0.15) is 13.2 Å². The molecule has 1 aromatic carbocycles. The summed E-state index contributed by atoms with van der Waals surface area (Å²) in [5.74, 6) is 0. The first-order valence-electron chi connectivity index (χ1n) is 5.57. The first-order valence-corrected chi connectivity index (χ1v) is 5.57. The van der Waals surface area contributed by atoms with Gasteiger partial charge in [0.1, 0.15) is 0 Å². The molecule has 0 saturated carbocycles.